The van der Waals surface area contributed by atoms with Crippen LogP contribution in [0.5, 0.6) is 5.75 Å². The van der Waals surface area contributed by atoms with E-state index >= 15 is 0 Å². The summed E-state index contributed by atoms with van der Waals surface area (Å²) in [4.78, 5) is 12.5. The van der Waals surface area contributed by atoms with Crippen molar-refractivity contribution in [2.75, 3.05) is 0 Å². The lowest BCUT2D eigenvalue weighted by molar-refractivity contribution is -0.126. The second kappa shape index (κ2) is 6.13. The number of carbonyl (C=O) groups excluding carboxylic acids is 1. The lowest BCUT2D eigenvalue weighted by Crippen LogP contribution is -2.18. The van der Waals surface area contributed by atoms with E-state index in [1.165, 1.54) is 11.1 Å². The predicted octanol–water partition coefficient (Wildman–Crippen LogP) is 4.94. The first-order chi connectivity index (χ1) is 10.3. The predicted molar refractivity (Wildman–Crippen MR) is 84.4 cm³/mol. The van der Waals surface area contributed by atoms with Gasteiger partial charge in [-0.15, -0.1) is 0 Å². The molecular formula is C19H20O2. The molecule has 2 aliphatic rings. The fraction of sp³-hybridized carbons (Fsp3) is 0.316. The van der Waals surface area contributed by atoms with Crippen LogP contribution in [-0.2, 0) is 4.79 Å². The molecule has 1 aromatic rings. The molecule has 0 bridgehead atoms. The molecule has 1 unspecified atom stereocenters. The number of ketones is 1. The Morgan fingerprint density at radius 1 is 1.05 bits per heavy atom. The Kier molecular flexibility index (Phi) is 4.05. The van der Waals surface area contributed by atoms with Crippen molar-refractivity contribution in [2.45, 2.75) is 38.7 Å². The molecule has 0 radical (unpaired) electrons. The van der Waals surface area contributed by atoms with Gasteiger partial charge in [0, 0.05) is 6.42 Å². The number of ether oxygens (including phenoxy) is 1. The summed E-state index contributed by atoms with van der Waals surface area (Å²) in [5, 5.41) is 0. The average molecular weight is 280 g/mol. The lowest BCUT2D eigenvalue weighted by atomic mass is 10.0. The third-order valence-electron chi connectivity index (χ3n) is 3.83. The van der Waals surface area contributed by atoms with E-state index in [-0.39, 0.29) is 5.78 Å². The molecule has 0 aliphatic heterocycles. The van der Waals surface area contributed by atoms with Gasteiger partial charge in [-0.2, -0.15) is 0 Å². The van der Waals surface area contributed by atoms with Crippen molar-refractivity contribution >= 4 is 5.78 Å². The first-order valence-corrected chi connectivity index (χ1v) is 7.67. The van der Waals surface area contributed by atoms with E-state index in [2.05, 4.69) is 13.0 Å². The molecule has 0 spiro atoms. The monoisotopic (exact) mass is 280 g/mol. The maximum atomic E-state index is 12.5. The minimum Gasteiger partial charge on any atom is -0.478 e. The summed E-state index contributed by atoms with van der Waals surface area (Å²) in [5.74, 6) is 0.976. The third kappa shape index (κ3) is 3.33. The van der Waals surface area contributed by atoms with Crippen LogP contribution in [0.2, 0.25) is 0 Å². The Morgan fingerprint density at radius 2 is 1.76 bits per heavy atom. The van der Waals surface area contributed by atoms with Crippen molar-refractivity contribution < 1.29 is 9.53 Å². The molecular weight excluding hydrogens is 260 g/mol. The Balaban J connectivity index is 1.73. The number of Topliss-reactive ketones (excluding diaryl/α,β-unsaturated/α-hetero) is 1. The van der Waals surface area contributed by atoms with Gasteiger partial charge in [-0.25, -0.2) is 0 Å². The Hall–Kier alpha value is -2.09. The number of carbonyl (C=O) groups is 1. The molecule has 1 atom stereocenters. The standard InChI is InChI=1S/C19H20O2/c1-2-3-5-10-18(20)19(14-8-6-4-7-9-14)21-17-12-15-11-16(15)13-17/h4,6-9,11-13,19H,2-3,5,10H2,1H3. The maximum absolute atomic E-state index is 12.5. The van der Waals surface area contributed by atoms with E-state index < -0.39 is 6.10 Å². The first kappa shape index (κ1) is 13.9. The van der Waals surface area contributed by atoms with Gasteiger partial charge in [0.15, 0.2) is 11.9 Å². The van der Waals surface area contributed by atoms with Gasteiger partial charge >= 0.3 is 0 Å². The summed E-state index contributed by atoms with van der Waals surface area (Å²) >= 11 is 0. The molecule has 0 saturated heterocycles. The van der Waals surface area contributed by atoms with E-state index in [9.17, 15) is 4.79 Å². The second-order valence-corrected chi connectivity index (χ2v) is 5.58. The van der Waals surface area contributed by atoms with Gasteiger partial charge in [-0.3, -0.25) is 4.79 Å². The largest absolute Gasteiger partial charge is 0.478 e. The van der Waals surface area contributed by atoms with Gasteiger partial charge < -0.3 is 4.74 Å². The highest BCUT2D eigenvalue weighted by Crippen LogP contribution is 2.41. The van der Waals surface area contributed by atoms with E-state index in [4.69, 9.17) is 4.74 Å². The summed E-state index contributed by atoms with van der Waals surface area (Å²) in [7, 11) is 0. The van der Waals surface area contributed by atoms with Gasteiger partial charge in [0.25, 0.3) is 0 Å². The Bertz CT molecular complexity index is 611. The van der Waals surface area contributed by atoms with Crippen LogP contribution in [0.25, 0.3) is 11.1 Å². The minimum atomic E-state index is -0.482. The molecule has 2 heteroatoms. The number of hydrogen-bond donors (Lipinski definition) is 0. The molecule has 21 heavy (non-hydrogen) atoms. The molecule has 0 fully saturated rings. The average Bonchev–Trinajstić information content (AvgIpc) is 3.12. The van der Waals surface area contributed by atoms with Crippen molar-refractivity contribution in [3.05, 3.63) is 54.1 Å². The molecule has 3 rings (SSSR count). The first-order valence-electron chi connectivity index (χ1n) is 7.67. The number of hydrogen-bond acceptors (Lipinski definition) is 2. The zero-order valence-electron chi connectivity index (χ0n) is 12.3. The number of rotatable bonds is 8. The van der Waals surface area contributed by atoms with E-state index in [1.54, 1.807) is 0 Å². The van der Waals surface area contributed by atoms with Crippen molar-refractivity contribution in [1.82, 2.24) is 0 Å². The van der Waals surface area contributed by atoms with Crippen molar-refractivity contribution in [3.8, 4) is 16.9 Å². The van der Waals surface area contributed by atoms with Crippen LogP contribution in [0.15, 0.2) is 48.5 Å². The van der Waals surface area contributed by atoms with Crippen molar-refractivity contribution in [1.29, 1.82) is 0 Å². The van der Waals surface area contributed by atoms with Crippen LogP contribution in [0.3, 0.4) is 0 Å². The normalized spacial score (nSPS) is 12.8. The van der Waals surface area contributed by atoms with Crippen LogP contribution >= 0.6 is 0 Å². The molecule has 0 N–H and O–H groups in total. The van der Waals surface area contributed by atoms with Crippen LogP contribution in [-0.4, -0.2) is 5.78 Å². The van der Waals surface area contributed by atoms with Gasteiger partial charge in [-0.1, -0.05) is 50.1 Å². The molecule has 2 aliphatic carbocycles. The fourth-order valence-electron chi connectivity index (χ4n) is 2.56. The van der Waals surface area contributed by atoms with Crippen molar-refractivity contribution in [2.24, 2.45) is 0 Å². The van der Waals surface area contributed by atoms with Crippen LogP contribution in [0.1, 0.15) is 44.3 Å². The quantitative estimate of drug-likeness (QED) is 0.546. The van der Waals surface area contributed by atoms with E-state index in [0.29, 0.717) is 6.42 Å². The zero-order chi connectivity index (χ0) is 14.7. The van der Waals surface area contributed by atoms with Crippen LogP contribution < -0.4 is 4.74 Å². The van der Waals surface area contributed by atoms with E-state index in [0.717, 1.165) is 30.6 Å². The highest BCUT2D eigenvalue weighted by atomic mass is 16.5. The van der Waals surface area contributed by atoms with Crippen molar-refractivity contribution in [3.63, 3.8) is 0 Å². The maximum Gasteiger partial charge on any atom is 0.182 e. The second-order valence-electron chi connectivity index (χ2n) is 5.58. The summed E-state index contributed by atoms with van der Waals surface area (Å²) in [6, 6.07) is 15.9. The Labute approximate surface area is 125 Å². The minimum absolute atomic E-state index is 0.170. The summed E-state index contributed by atoms with van der Waals surface area (Å²) < 4.78 is 5.99. The molecule has 0 amide bonds. The molecule has 0 saturated carbocycles. The third-order valence-corrected chi connectivity index (χ3v) is 3.83. The molecule has 2 nitrogen and oxygen atoms in total. The number of fused-ring (bicyclic) bond motifs is 1. The number of unbranched alkanes of at least 4 members (excludes halogenated alkanes) is 2. The SMILES string of the molecule is CCCCCC(=O)C(Oc1cc2cc-2c1)c1ccccc1. The summed E-state index contributed by atoms with van der Waals surface area (Å²) in [6.07, 6.45) is 3.25. The summed E-state index contributed by atoms with van der Waals surface area (Å²) in [5.41, 5.74) is 3.40. The van der Waals surface area contributed by atoms with Gasteiger partial charge in [0.05, 0.1) is 0 Å². The molecule has 1 aromatic carbocycles. The topological polar surface area (TPSA) is 26.3 Å². The van der Waals surface area contributed by atoms with E-state index in [1.807, 2.05) is 42.5 Å². The summed E-state index contributed by atoms with van der Waals surface area (Å²) in [6.45, 7) is 2.14. The molecule has 0 heterocycles. The zero-order valence-corrected chi connectivity index (χ0v) is 12.3. The smallest absolute Gasteiger partial charge is 0.182 e. The highest BCUT2D eigenvalue weighted by molar-refractivity contribution is 5.86. The van der Waals surface area contributed by atoms with Gasteiger partial charge in [0.1, 0.15) is 5.75 Å². The van der Waals surface area contributed by atoms with Gasteiger partial charge in [0.2, 0.25) is 0 Å². The van der Waals surface area contributed by atoms with Crippen LogP contribution in [0.4, 0.5) is 0 Å². The fourth-order valence-corrected chi connectivity index (χ4v) is 2.56. The highest BCUT2D eigenvalue weighted by Gasteiger charge is 2.24. The van der Waals surface area contributed by atoms with Gasteiger partial charge in [-0.05, 0) is 41.3 Å². The lowest BCUT2D eigenvalue weighted by Gasteiger charge is -2.18. The number of benzene rings is 2. The Morgan fingerprint density at radius 3 is 2.43 bits per heavy atom. The van der Waals surface area contributed by atoms with Crippen LogP contribution in [0, 0.1) is 0 Å². The molecule has 108 valence electrons. The molecule has 0 aromatic heterocycles.